The number of nitrogens with zero attached hydrogens (tertiary/aromatic N) is 1. The van der Waals surface area contributed by atoms with Gasteiger partial charge in [-0.2, -0.15) is 0 Å². The van der Waals surface area contributed by atoms with Crippen molar-refractivity contribution in [1.29, 1.82) is 0 Å². The third-order valence-electron chi connectivity index (χ3n) is 12.1. The maximum absolute atomic E-state index is 13.2. The Morgan fingerprint density at radius 2 is 0.884 bits per heavy atom. The Labute approximate surface area is 421 Å². The average molecular weight is 976 g/mol. The van der Waals surface area contributed by atoms with Crippen LogP contribution in [-0.4, -0.2) is 108 Å². The lowest BCUT2D eigenvalue weighted by atomic mass is 9.99. The molecule has 1 saturated heterocycles. The summed E-state index contributed by atoms with van der Waals surface area (Å²) in [6, 6.07) is 0. The van der Waals surface area contributed by atoms with Gasteiger partial charge < -0.3 is 42.8 Å². The Kier molecular flexibility index (Phi) is 45.1. The number of hydrogen-bond acceptors (Lipinski definition) is 12. The van der Waals surface area contributed by atoms with Crippen LogP contribution >= 0.6 is 0 Å². The molecule has 69 heavy (non-hydrogen) atoms. The fourth-order valence-corrected chi connectivity index (χ4v) is 7.75. The van der Waals surface area contributed by atoms with Gasteiger partial charge in [0.25, 0.3) is 0 Å². The predicted octanol–water partition coefficient (Wildman–Crippen LogP) is 14.0. The smallest absolute Gasteiger partial charge is 0.465 e. The first-order chi connectivity index (χ1) is 33.8. The van der Waals surface area contributed by atoms with Gasteiger partial charge in [0.05, 0.1) is 51.8 Å². The van der Waals surface area contributed by atoms with E-state index in [0.29, 0.717) is 39.3 Å². The topological polar surface area (TPSA) is 128 Å². The summed E-state index contributed by atoms with van der Waals surface area (Å²) in [5, 5.41) is 0. The molecule has 1 aliphatic heterocycles. The summed E-state index contributed by atoms with van der Waals surface area (Å²) < 4.78 is 46.6. The molecule has 0 aromatic carbocycles. The summed E-state index contributed by atoms with van der Waals surface area (Å²) in [5.41, 5.74) is 0. The van der Waals surface area contributed by atoms with Crippen LogP contribution in [0.15, 0.2) is 48.6 Å². The second-order valence-electron chi connectivity index (χ2n) is 18.6. The van der Waals surface area contributed by atoms with Gasteiger partial charge in [-0.15, -0.1) is 0 Å². The van der Waals surface area contributed by atoms with Gasteiger partial charge in [0.15, 0.2) is 12.6 Å². The third-order valence-corrected chi connectivity index (χ3v) is 12.1. The number of piperidine rings is 1. The molecule has 1 heterocycles. The average Bonchev–Trinajstić information content (AvgIpc) is 3.36. The largest absolute Gasteiger partial charge is 0.508 e. The second-order valence-corrected chi connectivity index (χ2v) is 18.6. The van der Waals surface area contributed by atoms with Crippen molar-refractivity contribution in [2.24, 2.45) is 11.8 Å². The fourth-order valence-electron chi connectivity index (χ4n) is 7.75. The Bertz CT molecular complexity index is 1190. The van der Waals surface area contributed by atoms with Gasteiger partial charge in [0, 0.05) is 25.3 Å². The number of likely N-dealkylation sites (tertiary alicyclic amines) is 1. The molecule has 0 aliphatic carbocycles. The molecule has 0 N–H and O–H groups in total. The first-order valence-electron chi connectivity index (χ1n) is 27.7. The second kappa shape index (κ2) is 48.6. The normalized spacial score (nSPS) is 14.8. The van der Waals surface area contributed by atoms with Crippen LogP contribution in [0.3, 0.4) is 0 Å². The molecule has 1 unspecified atom stereocenters. The van der Waals surface area contributed by atoms with E-state index in [9.17, 15) is 14.4 Å². The van der Waals surface area contributed by atoms with Gasteiger partial charge in [-0.3, -0.25) is 9.59 Å². The molecule has 0 bridgehead atoms. The van der Waals surface area contributed by atoms with Crippen LogP contribution in [-0.2, 0) is 47.5 Å². The lowest BCUT2D eigenvalue weighted by molar-refractivity contribution is -0.158. The summed E-state index contributed by atoms with van der Waals surface area (Å²) in [4.78, 5) is 41.5. The van der Waals surface area contributed by atoms with E-state index in [1.807, 2.05) is 24.3 Å². The molecule has 12 nitrogen and oxygen atoms in total. The highest BCUT2D eigenvalue weighted by Crippen LogP contribution is 2.17. The molecule has 0 aromatic rings. The summed E-state index contributed by atoms with van der Waals surface area (Å²) in [7, 11) is 0. The minimum atomic E-state index is -0.796. The highest BCUT2D eigenvalue weighted by Gasteiger charge is 2.23. The molecule has 0 aromatic heterocycles. The van der Waals surface area contributed by atoms with Crippen molar-refractivity contribution in [3.05, 3.63) is 48.6 Å². The molecule has 0 spiro atoms. The van der Waals surface area contributed by atoms with Gasteiger partial charge >= 0.3 is 18.1 Å². The van der Waals surface area contributed by atoms with Crippen molar-refractivity contribution in [2.75, 3.05) is 72.5 Å². The highest BCUT2D eigenvalue weighted by molar-refractivity contribution is 5.70. The molecular weight excluding hydrogens is 875 g/mol. The molecule has 0 radical (unpaired) electrons. The number of rotatable bonds is 47. The number of esters is 2. The lowest BCUT2D eigenvalue weighted by Crippen LogP contribution is -2.37. The van der Waals surface area contributed by atoms with E-state index in [1.54, 1.807) is 0 Å². The van der Waals surface area contributed by atoms with Crippen molar-refractivity contribution in [3.63, 3.8) is 0 Å². The first kappa shape index (κ1) is 64.0. The van der Waals surface area contributed by atoms with Gasteiger partial charge in [-0.05, 0) is 77.3 Å². The highest BCUT2D eigenvalue weighted by atomic mass is 16.7. The Morgan fingerprint density at radius 3 is 1.26 bits per heavy atom. The Balaban J connectivity index is 2.87. The number of ether oxygens (including phenoxy) is 8. The van der Waals surface area contributed by atoms with Crippen LogP contribution in [0, 0.1) is 11.8 Å². The number of unbranched alkanes of at least 4 members (excludes halogenated alkanes) is 16. The number of carbonyl (C=O) groups is 3. The van der Waals surface area contributed by atoms with E-state index in [1.165, 1.54) is 77.0 Å². The molecule has 1 atom stereocenters. The van der Waals surface area contributed by atoms with E-state index >= 15 is 0 Å². The Hall–Kier alpha value is -3.03. The summed E-state index contributed by atoms with van der Waals surface area (Å²) in [5.74, 6) is -1.28. The molecular formula is C57H101NO11. The summed E-state index contributed by atoms with van der Waals surface area (Å²) in [6.45, 7) is 15.3. The van der Waals surface area contributed by atoms with Crippen LogP contribution in [0.4, 0.5) is 4.79 Å². The quantitative estimate of drug-likeness (QED) is 0.0189. The zero-order valence-electron chi connectivity index (χ0n) is 44.5. The number of hydrogen-bond donors (Lipinski definition) is 0. The van der Waals surface area contributed by atoms with Crippen molar-refractivity contribution < 1.29 is 52.3 Å². The van der Waals surface area contributed by atoms with Crippen molar-refractivity contribution in [1.82, 2.24) is 4.90 Å². The maximum atomic E-state index is 13.2. The molecule has 400 valence electrons. The van der Waals surface area contributed by atoms with Crippen LogP contribution in [0.2, 0.25) is 0 Å². The predicted molar refractivity (Wildman–Crippen MR) is 279 cm³/mol. The van der Waals surface area contributed by atoms with Crippen LogP contribution in [0.1, 0.15) is 202 Å². The van der Waals surface area contributed by atoms with Gasteiger partial charge in [-0.1, -0.05) is 160 Å². The minimum Gasteiger partial charge on any atom is -0.465 e. The van der Waals surface area contributed by atoms with Crippen LogP contribution in [0.5, 0.6) is 0 Å². The fraction of sp³-hybridized carbons (Fsp3) is 0.807. The van der Waals surface area contributed by atoms with E-state index in [2.05, 4.69) is 63.8 Å². The molecule has 0 saturated carbocycles. The number of carbonyl (C=O) groups excluding carboxylic acids is 3. The standard InChI is InChI=1S/C57H101NO11/c1-6-11-15-19-23-27-31-42-62-55(63-43-32-28-24-20-16-12-7-2)39-37-53(59)66-48-52(50-69-57(61)68-47-51-36-35-41-58(10-5)46-51)49-67-54(60)38-40-56(64-44-33-29-25-21-17-13-8-3)65-45-34-30-26-22-18-14-9-4/h27-34,51-52,55-56H,6-26,35-50H2,1-5H3/b31-27+,32-28+,33-29+,34-30+. The first-order valence-corrected chi connectivity index (χ1v) is 27.7. The summed E-state index contributed by atoms with van der Waals surface area (Å²) in [6.07, 6.45) is 40.8. The van der Waals surface area contributed by atoms with Gasteiger partial charge in [-0.25, -0.2) is 4.79 Å². The molecule has 12 heteroatoms. The molecule has 1 aliphatic rings. The Morgan fingerprint density at radius 1 is 0.493 bits per heavy atom. The summed E-state index contributed by atoms with van der Waals surface area (Å²) >= 11 is 0. The van der Waals surface area contributed by atoms with E-state index in [0.717, 1.165) is 83.8 Å². The monoisotopic (exact) mass is 976 g/mol. The van der Waals surface area contributed by atoms with E-state index in [-0.39, 0.29) is 45.2 Å². The zero-order valence-corrected chi connectivity index (χ0v) is 44.5. The molecule has 1 rings (SSSR count). The van der Waals surface area contributed by atoms with E-state index in [4.69, 9.17) is 37.9 Å². The number of allylic oxidation sites excluding steroid dienone is 4. The van der Waals surface area contributed by atoms with Gasteiger partial charge in [0.1, 0.15) is 19.8 Å². The van der Waals surface area contributed by atoms with Gasteiger partial charge in [0.2, 0.25) is 0 Å². The minimum absolute atomic E-state index is 0.0567. The molecule has 0 amide bonds. The van der Waals surface area contributed by atoms with Crippen LogP contribution in [0.25, 0.3) is 0 Å². The SMILES string of the molecule is CCCCCC/C=C/COC(CCC(=O)OCC(COC(=O)CCC(OC/C=C/CCCCCC)OC/C=C/CCCCCC)COC(=O)OCC1CCCN(CC)C1)OC/C=C/CCCCCC. The van der Waals surface area contributed by atoms with Crippen molar-refractivity contribution >= 4 is 18.1 Å². The third kappa shape index (κ3) is 41.3. The van der Waals surface area contributed by atoms with Crippen molar-refractivity contribution in [2.45, 2.75) is 214 Å². The molecule has 1 fully saturated rings. The van der Waals surface area contributed by atoms with E-state index < -0.39 is 36.6 Å². The maximum Gasteiger partial charge on any atom is 0.508 e. The van der Waals surface area contributed by atoms with Crippen LogP contribution < -0.4 is 0 Å². The zero-order chi connectivity index (χ0) is 50.1. The lowest BCUT2D eigenvalue weighted by Gasteiger charge is -2.31. The van der Waals surface area contributed by atoms with Crippen molar-refractivity contribution in [3.8, 4) is 0 Å².